The van der Waals surface area contributed by atoms with Gasteiger partial charge < -0.3 is 15.2 Å². The molecule has 130 valence electrons. The molecule has 0 radical (unpaired) electrons. The van der Waals surface area contributed by atoms with Gasteiger partial charge in [0.1, 0.15) is 11.9 Å². The zero-order valence-electron chi connectivity index (χ0n) is 13.1. The number of likely N-dealkylation sites (tertiary alicyclic amines) is 1. The Hall–Kier alpha value is -1.67. The Balaban J connectivity index is 1.78. The maximum Gasteiger partial charge on any atom is 0.408 e. The largest absolute Gasteiger partial charge is 0.465 e. The molecule has 1 aromatic rings. The maximum absolute atomic E-state index is 14.0. The van der Waals surface area contributed by atoms with Crippen molar-refractivity contribution in [3.05, 3.63) is 29.6 Å². The number of carboxylic acid groups (broad SMARTS) is 1. The maximum atomic E-state index is 14.0. The van der Waals surface area contributed by atoms with E-state index in [4.69, 9.17) is 4.74 Å². The molecule has 2 atom stereocenters. The van der Waals surface area contributed by atoms with Crippen LogP contribution in [-0.2, 0) is 13.9 Å². The normalized spacial score (nSPS) is 24.7. The first-order valence-corrected chi connectivity index (χ1v) is 8.45. The summed E-state index contributed by atoms with van der Waals surface area (Å²) in [4.78, 5) is 24.8. The van der Waals surface area contributed by atoms with E-state index in [0.29, 0.717) is 0 Å². The number of anilines is 1. The molecule has 0 bridgehead atoms. The first kappa shape index (κ1) is 17.2. The molecule has 0 unspecified atom stereocenters. The molecule has 2 fully saturated rings. The summed E-state index contributed by atoms with van der Waals surface area (Å²) in [5.74, 6) is -1.10. The third-order valence-corrected chi connectivity index (χ3v) is 5.83. The second kappa shape index (κ2) is 6.33. The van der Waals surface area contributed by atoms with Crippen LogP contribution in [0.15, 0.2) is 18.2 Å². The van der Waals surface area contributed by atoms with E-state index in [1.807, 2.05) is 0 Å². The molecular weight excluding hydrogens is 383 g/mol. The highest BCUT2D eigenvalue weighted by atomic mass is 79.9. The number of methoxy groups -OCH3 is 1. The van der Waals surface area contributed by atoms with Crippen LogP contribution < -0.4 is 5.32 Å². The molecule has 0 spiro atoms. The fraction of sp³-hybridized carbons (Fsp3) is 0.500. The monoisotopic (exact) mass is 400 g/mol. The Morgan fingerprint density at radius 1 is 1.46 bits per heavy atom. The third kappa shape index (κ3) is 3.25. The zero-order valence-corrected chi connectivity index (χ0v) is 14.7. The Morgan fingerprint density at radius 2 is 2.17 bits per heavy atom. The van der Waals surface area contributed by atoms with Crippen molar-refractivity contribution < 1.29 is 23.8 Å². The molecule has 6 nitrogen and oxygen atoms in total. The molecule has 1 aromatic carbocycles. The number of rotatable bonds is 4. The number of hydrogen-bond donors (Lipinski definition) is 2. The minimum atomic E-state index is -1.19. The summed E-state index contributed by atoms with van der Waals surface area (Å²) in [6, 6.07) is 3.71. The quantitative estimate of drug-likeness (QED) is 0.761. The van der Waals surface area contributed by atoms with Gasteiger partial charge in [-0.05, 0) is 30.5 Å². The average molecular weight is 401 g/mol. The highest BCUT2D eigenvalue weighted by Crippen LogP contribution is 2.54. The number of hydrogen-bond acceptors (Lipinski definition) is 3. The van der Waals surface area contributed by atoms with Gasteiger partial charge in [-0.25, -0.2) is 9.18 Å². The second-order valence-corrected chi connectivity index (χ2v) is 7.71. The molecule has 1 heterocycles. The first-order chi connectivity index (χ1) is 11.3. The van der Waals surface area contributed by atoms with Crippen LogP contribution in [0.4, 0.5) is 14.9 Å². The van der Waals surface area contributed by atoms with Gasteiger partial charge >= 0.3 is 6.09 Å². The fourth-order valence-electron chi connectivity index (χ4n) is 2.94. The van der Waals surface area contributed by atoms with Crippen molar-refractivity contribution >= 4 is 33.6 Å². The van der Waals surface area contributed by atoms with E-state index in [0.717, 1.165) is 23.3 Å². The second-order valence-electron chi connectivity index (χ2n) is 6.19. The lowest BCUT2D eigenvalue weighted by Gasteiger charge is -2.20. The Morgan fingerprint density at radius 3 is 2.75 bits per heavy atom. The van der Waals surface area contributed by atoms with Gasteiger partial charge in [-0.15, -0.1) is 0 Å². The highest BCUT2D eigenvalue weighted by molar-refractivity contribution is 9.09. The molecule has 2 N–H and O–H groups in total. The van der Waals surface area contributed by atoms with Crippen LogP contribution in [0.5, 0.6) is 0 Å². The van der Waals surface area contributed by atoms with Gasteiger partial charge in [0, 0.05) is 13.5 Å². The Bertz CT molecular complexity index is 680. The number of carbonyl (C=O) groups excluding carboxylic acids is 1. The zero-order chi connectivity index (χ0) is 17.5. The van der Waals surface area contributed by atoms with Gasteiger partial charge in [0.15, 0.2) is 0 Å². The standard InChI is InChI=1S/C16H18BrFN2O4/c1-24-10-7-13(20(8-10)15(22)23)14(21)19-12-6-9(2-3-11(12)18)16(17)4-5-16/h2-3,6,10,13H,4-5,7-8H2,1H3,(H,19,21)(H,22,23)/t10-,13-/m1/s1. The van der Waals surface area contributed by atoms with Crippen molar-refractivity contribution in [2.45, 2.75) is 35.7 Å². The van der Waals surface area contributed by atoms with E-state index in [2.05, 4.69) is 21.2 Å². The van der Waals surface area contributed by atoms with E-state index in [-0.39, 0.29) is 29.1 Å². The lowest BCUT2D eigenvalue weighted by Crippen LogP contribution is -2.42. The molecular formula is C16H18BrFN2O4. The minimum absolute atomic E-state index is 0.0643. The molecule has 1 saturated heterocycles. The average Bonchev–Trinajstić information content (AvgIpc) is 3.14. The number of nitrogens with one attached hydrogen (secondary N) is 1. The molecule has 1 aliphatic heterocycles. The van der Waals surface area contributed by atoms with Gasteiger partial charge in [-0.3, -0.25) is 9.69 Å². The van der Waals surface area contributed by atoms with Crippen molar-refractivity contribution in [2.75, 3.05) is 19.0 Å². The lowest BCUT2D eigenvalue weighted by molar-refractivity contribution is -0.120. The molecule has 3 rings (SSSR count). The van der Waals surface area contributed by atoms with Crippen LogP contribution in [0.2, 0.25) is 0 Å². The minimum Gasteiger partial charge on any atom is -0.465 e. The van der Waals surface area contributed by atoms with Crippen LogP contribution in [0.25, 0.3) is 0 Å². The van der Waals surface area contributed by atoms with E-state index < -0.39 is 23.9 Å². The predicted molar refractivity (Wildman–Crippen MR) is 88.8 cm³/mol. The molecule has 0 aromatic heterocycles. The summed E-state index contributed by atoms with van der Waals surface area (Å²) in [5, 5.41) is 11.8. The number of halogens is 2. The van der Waals surface area contributed by atoms with E-state index in [1.165, 1.54) is 13.2 Å². The van der Waals surface area contributed by atoms with Crippen LogP contribution in [0.3, 0.4) is 0 Å². The van der Waals surface area contributed by atoms with Gasteiger partial charge in [0.05, 0.1) is 22.7 Å². The topological polar surface area (TPSA) is 78.9 Å². The van der Waals surface area contributed by atoms with Crippen molar-refractivity contribution in [3.63, 3.8) is 0 Å². The number of carbonyl (C=O) groups is 2. The van der Waals surface area contributed by atoms with Crippen molar-refractivity contribution in [2.24, 2.45) is 0 Å². The predicted octanol–water partition coefficient (Wildman–Crippen LogP) is 2.92. The first-order valence-electron chi connectivity index (χ1n) is 7.66. The highest BCUT2D eigenvalue weighted by Gasteiger charge is 2.42. The Kier molecular flexibility index (Phi) is 4.52. The van der Waals surface area contributed by atoms with Crippen molar-refractivity contribution in [1.82, 2.24) is 4.90 Å². The molecule has 1 aliphatic carbocycles. The summed E-state index contributed by atoms with van der Waals surface area (Å²) in [5.41, 5.74) is 0.963. The van der Waals surface area contributed by atoms with E-state index in [9.17, 15) is 19.1 Å². The van der Waals surface area contributed by atoms with Gasteiger partial charge in [0.2, 0.25) is 5.91 Å². The molecule has 8 heteroatoms. The summed E-state index contributed by atoms with van der Waals surface area (Å²) in [7, 11) is 1.47. The number of alkyl halides is 1. The lowest BCUT2D eigenvalue weighted by atomic mass is 10.1. The molecule has 2 aliphatic rings. The summed E-state index contributed by atoms with van der Waals surface area (Å²) < 4.78 is 19.1. The molecule has 24 heavy (non-hydrogen) atoms. The van der Waals surface area contributed by atoms with Crippen LogP contribution >= 0.6 is 15.9 Å². The molecule has 2 amide bonds. The van der Waals surface area contributed by atoms with Gasteiger partial charge in [0.25, 0.3) is 0 Å². The van der Waals surface area contributed by atoms with Crippen LogP contribution in [0.1, 0.15) is 24.8 Å². The van der Waals surface area contributed by atoms with Gasteiger partial charge in [-0.2, -0.15) is 0 Å². The number of amides is 2. The third-order valence-electron chi connectivity index (χ3n) is 4.57. The molecule has 1 saturated carbocycles. The Labute approximate surface area is 147 Å². The van der Waals surface area contributed by atoms with E-state index >= 15 is 0 Å². The van der Waals surface area contributed by atoms with Crippen molar-refractivity contribution in [3.8, 4) is 0 Å². The number of nitrogens with zero attached hydrogens (tertiary/aromatic N) is 1. The smallest absolute Gasteiger partial charge is 0.408 e. The van der Waals surface area contributed by atoms with Crippen LogP contribution in [0, 0.1) is 5.82 Å². The van der Waals surface area contributed by atoms with Gasteiger partial charge in [-0.1, -0.05) is 22.0 Å². The number of benzene rings is 1. The van der Waals surface area contributed by atoms with Crippen molar-refractivity contribution in [1.29, 1.82) is 0 Å². The fourth-order valence-corrected chi connectivity index (χ4v) is 3.39. The van der Waals surface area contributed by atoms with E-state index in [1.54, 1.807) is 12.1 Å². The van der Waals surface area contributed by atoms with Crippen LogP contribution in [-0.4, -0.2) is 47.8 Å². The number of ether oxygens (including phenoxy) is 1. The summed E-state index contributed by atoms with van der Waals surface area (Å²) in [6.45, 7) is 0.122. The SMILES string of the molecule is CO[C@@H]1C[C@H](C(=O)Nc2cc(C3(Br)CC3)ccc2F)N(C(=O)O)C1. The summed E-state index contributed by atoms with van der Waals surface area (Å²) >= 11 is 3.60. The summed E-state index contributed by atoms with van der Waals surface area (Å²) in [6.07, 6.45) is 0.623.